The van der Waals surface area contributed by atoms with Crippen molar-refractivity contribution < 1.29 is 19.0 Å². The third-order valence-corrected chi connectivity index (χ3v) is 3.89. The molecule has 0 radical (unpaired) electrons. The van der Waals surface area contributed by atoms with Gasteiger partial charge in [-0.1, -0.05) is 6.07 Å². The second kappa shape index (κ2) is 7.72. The Labute approximate surface area is 131 Å². The number of thiophene rings is 1. The largest absolute Gasteiger partial charge is 0.494 e. The lowest BCUT2D eigenvalue weighted by Gasteiger charge is -2.05. The molecule has 0 unspecified atom stereocenters. The van der Waals surface area contributed by atoms with Gasteiger partial charge in [0.2, 0.25) is 5.91 Å². The summed E-state index contributed by atoms with van der Waals surface area (Å²) in [5.41, 5.74) is 1.47. The van der Waals surface area contributed by atoms with Crippen molar-refractivity contribution in [3.05, 3.63) is 57.5 Å². The van der Waals surface area contributed by atoms with Gasteiger partial charge in [-0.3, -0.25) is 4.79 Å². The summed E-state index contributed by atoms with van der Waals surface area (Å²) in [6, 6.07) is 6.36. The van der Waals surface area contributed by atoms with Crippen LogP contribution in [-0.4, -0.2) is 18.1 Å². The molecule has 0 aliphatic heterocycles. The fourth-order valence-electron chi connectivity index (χ4n) is 1.79. The zero-order valence-corrected chi connectivity index (χ0v) is 12.8. The van der Waals surface area contributed by atoms with Gasteiger partial charge < -0.3 is 15.2 Å². The lowest BCUT2D eigenvalue weighted by Crippen LogP contribution is -2.20. The molecule has 0 fully saturated rings. The molecule has 6 heteroatoms. The van der Waals surface area contributed by atoms with Crippen LogP contribution in [0.15, 0.2) is 35.7 Å². The normalized spacial score (nSPS) is 10.9. The fraction of sp³-hybridized carbons (Fsp3) is 0.188. The molecule has 4 nitrogen and oxygen atoms in total. The van der Waals surface area contributed by atoms with Crippen molar-refractivity contribution in [3.63, 3.8) is 0 Å². The first-order valence-electron chi connectivity index (χ1n) is 6.59. The summed E-state index contributed by atoms with van der Waals surface area (Å²) in [6.45, 7) is 0.218. The minimum atomic E-state index is -0.458. The van der Waals surface area contributed by atoms with Crippen LogP contribution in [0.3, 0.4) is 0 Å². The molecule has 1 aromatic heterocycles. The maximum Gasteiger partial charge on any atom is 0.244 e. The number of carbonyl (C=O) groups excluding carboxylic acids is 1. The van der Waals surface area contributed by atoms with Gasteiger partial charge >= 0.3 is 0 Å². The van der Waals surface area contributed by atoms with Crippen molar-refractivity contribution in [2.45, 2.75) is 13.2 Å². The summed E-state index contributed by atoms with van der Waals surface area (Å²) in [6.07, 6.45) is 3.08. The number of hydrogen-bond donors (Lipinski definition) is 2. The highest BCUT2D eigenvalue weighted by atomic mass is 32.1. The number of amides is 1. The molecule has 0 atom stereocenters. The van der Waals surface area contributed by atoms with Gasteiger partial charge in [0.25, 0.3) is 0 Å². The molecule has 0 aliphatic carbocycles. The Morgan fingerprint density at radius 3 is 2.86 bits per heavy atom. The van der Waals surface area contributed by atoms with Gasteiger partial charge in [0.15, 0.2) is 11.6 Å². The third kappa shape index (κ3) is 4.41. The predicted octanol–water partition coefficient (Wildman–Crippen LogP) is 2.72. The molecule has 116 valence electrons. The van der Waals surface area contributed by atoms with Gasteiger partial charge in [-0.25, -0.2) is 4.39 Å². The van der Waals surface area contributed by atoms with Gasteiger partial charge in [-0.05, 0) is 40.8 Å². The minimum Gasteiger partial charge on any atom is -0.494 e. The van der Waals surface area contributed by atoms with E-state index in [1.165, 1.54) is 36.7 Å². The van der Waals surface area contributed by atoms with E-state index in [0.717, 1.165) is 10.4 Å². The van der Waals surface area contributed by atoms with Crippen LogP contribution >= 0.6 is 11.3 Å². The minimum absolute atomic E-state index is 0.0143. The number of aliphatic hydroxyl groups excluding tert-OH is 1. The number of hydrogen-bond acceptors (Lipinski definition) is 4. The highest BCUT2D eigenvalue weighted by molar-refractivity contribution is 7.11. The molecule has 2 N–H and O–H groups in total. The molecular weight excluding hydrogens is 305 g/mol. The Kier molecular flexibility index (Phi) is 5.68. The summed E-state index contributed by atoms with van der Waals surface area (Å²) in [5, 5.41) is 13.5. The Bertz CT molecular complexity index is 682. The second-order valence-electron chi connectivity index (χ2n) is 4.54. The van der Waals surface area contributed by atoms with Crippen LogP contribution in [0.5, 0.6) is 5.75 Å². The average molecular weight is 321 g/mol. The van der Waals surface area contributed by atoms with E-state index in [2.05, 4.69) is 5.32 Å². The van der Waals surface area contributed by atoms with Crippen molar-refractivity contribution >= 4 is 23.3 Å². The number of carbonyl (C=O) groups is 1. The van der Waals surface area contributed by atoms with Crippen LogP contribution < -0.4 is 10.1 Å². The van der Waals surface area contributed by atoms with Gasteiger partial charge in [0.1, 0.15) is 0 Å². The lowest BCUT2D eigenvalue weighted by atomic mass is 10.2. The van der Waals surface area contributed by atoms with E-state index in [0.29, 0.717) is 5.56 Å². The molecule has 0 saturated heterocycles. The van der Waals surface area contributed by atoms with E-state index in [9.17, 15) is 9.18 Å². The number of aliphatic hydroxyl groups is 1. The van der Waals surface area contributed by atoms with Crippen LogP contribution in [0.25, 0.3) is 6.08 Å². The van der Waals surface area contributed by atoms with Gasteiger partial charge in [-0.15, -0.1) is 11.3 Å². The molecule has 0 saturated carbocycles. The molecule has 0 aliphatic rings. The van der Waals surface area contributed by atoms with Crippen LogP contribution in [0.1, 0.15) is 16.0 Å². The van der Waals surface area contributed by atoms with E-state index in [1.54, 1.807) is 12.1 Å². The van der Waals surface area contributed by atoms with Gasteiger partial charge in [-0.2, -0.15) is 0 Å². The van der Waals surface area contributed by atoms with E-state index < -0.39 is 5.82 Å². The predicted molar refractivity (Wildman–Crippen MR) is 84.1 cm³/mol. The van der Waals surface area contributed by atoms with Crippen molar-refractivity contribution in [3.8, 4) is 5.75 Å². The van der Waals surface area contributed by atoms with Crippen molar-refractivity contribution in [2.75, 3.05) is 7.11 Å². The van der Waals surface area contributed by atoms with E-state index >= 15 is 0 Å². The van der Waals surface area contributed by atoms with Crippen LogP contribution in [-0.2, 0) is 17.9 Å². The SMILES string of the molecule is COc1ccc(CNC(=O)/C=C/c2cc(CO)cs2)cc1F. The fourth-order valence-corrected chi connectivity index (χ4v) is 2.59. The molecule has 1 amide bonds. The molecule has 0 bridgehead atoms. The Balaban J connectivity index is 1.88. The average Bonchev–Trinajstić information content (AvgIpc) is 2.99. The molecule has 0 spiro atoms. The first kappa shape index (κ1) is 16.2. The van der Waals surface area contributed by atoms with Crippen LogP contribution in [0.2, 0.25) is 0 Å². The number of benzene rings is 1. The molecule has 2 rings (SSSR count). The summed E-state index contributed by atoms with van der Waals surface area (Å²) < 4.78 is 18.3. The Morgan fingerprint density at radius 2 is 2.23 bits per heavy atom. The van der Waals surface area contributed by atoms with Crippen molar-refractivity contribution in [2.24, 2.45) is 0 Å². The second-order valence-corrected chi connectivity index (χ2v) is 5.48. The smallest absolute Gasteiger partial charge is 0.244 e. The van der Waals surface area contributed by atoms with Crippen LogP contribution in [0, 0.1) is 5.82 Å². The number of nitrogens with one attached hydrogen (secondary N) is 1. The topological polar surface area (TPSA) is 58.6 Å². The van der Waals surface area contributed by atoms with Gasteiger partial charge in [0.05, 0.1) is 13.7 Å². The lowest BCUT2D eigenvalue weighted by molar-refractivity contribution is -0.116. The summed E-state index contributed by atoms with van der Waals surface area (Å²) >= 11 is 1.45. The standard InChI is InChI=1S/C16H16FNO3S/c1-21-15-4-2-11(7-14(15)17)8-18-16(20)5-3-13-6-12(9-19)10-22-13/h2-7,10,19H,8-9H2,1H3,(H,18,20)/b5-3+. The molecule has 1 aromatic carbocycles. The highest BCUT2D eigenvalue weighted by Gasteiger charge is 2.04. The van der Waals surface area contributed by atoms with E-state index in [1.807, 2.05) is 11.4 Å². The zero-order valence-electron chi connectivity index (χ0n) is 12.0. The summed E-state index contributed by atoms with van der Waals surface area (Å²) in [7, 11) is 1.40. The van der Waals surface area contributed by atoms with E-state index in [4.69, 9.17) is 9.84 Å². The maximum absolute atomic E-state index is 13.5. The number of halogens is 1. The molecular formula is C16H16FNO3S. The first-order chi connectivity index (χ1) is 10.6. The van der Waals surface area contributed by atoms with Crippen molar-refractivity contribution in [1.29, 1.82) is 0 Å². The maximum atomic E-state index is 13.5. The Hall–Kier alpha value is -2.18. The summed E-state index contributed by atoms with van der Waals surface area (Å²) in [5.74, 6) is -0.553. The van der Waals surface area contributed by atoms with E-state index in [-0.39, 0.29) is 24.8 Å². The molecule has 22 heavy (non-hydrogen) atoms. The first-order valence-corrected chi connectivity index (χ1v) is 7.47. The zero-order chi connectivity index (χ0) is 15.9. The quantitative estimate of drug-likeness (QED) is 0.804. The highest BCUT2D eigenvalue weighted by Crippen LogP contribution is 2.18. The molecule has 1 heterocycles. The third-order valence-electron chi connectivity index (χ3n) is 2.94. The number of rotatable bonds is 6. The van der Waals surface area contributed by atoms with Gasteiger partial charge in [0, 0.05) is 17.5 Å². The van der Waals surface area contributed by atoms with Crippen molar-refractivity contribution in [1.82, 2.24) is 5.32 Å². The molecule has 2 aromatic rings. The monoisotopic (exact) mass is 321 g/mol. The number of ether oxygens (including phenoxy) is 1. The van der Waals surface area contributed by atoms with Crippen LogP contribution in [0.4, 0.5) is 4.39 Å². The number of methoxy groups -OCH3 is 1. The summed E-state index contributed by atoms with van der Waals surface area (Å²) in [4.78, 5) is 12.6. The Morgan fingerprint density at radius 1 is 1.41 bits per heavy atom.